The number of anilines is 1. The molecule has 1 heterocycles. The highest BCUT2D eigenvalue weighted by Crippen LogP contribution is 2.37. The summed E-state index contributed by atoms with van der Waals surface area (Å²) < 4.78 is 0. The molecule has 0 radical (unpaired) electrons. The topological polar surface area (TPSA) is 55.8 Å². The summed E-state index contributed by atoms with van der Waals surface area (Å²) >= 11 is 6.47. The molecule has 5 nitrogen and oxygen atoms in total. The first-order valence-electron chi connectivity index (χ1n) is 10.2. The first-order chi connectivity index (χ1) is 12.9. The van der Waals surface area contributed by atoms with Crippen molar-refractivity contribution >= 4 is 23.2 Å². The number of nitrogens with zero attached hydrogens (tertiary/aromatic N) is 2. The predicted molar refractivity (Wildman–Crippen MR) is 108 cm³/mol. The van der Waals surface area contributed by atoms with E-state index in [1.165, 1.54) is 6.42 Å². The van der Waals surface area contributed by atoms with Gasteiger partial charge < -0.3 is 15.3 Å². The van der Waals surface area contributed by atoms with Crippen LogP contribution in [-0.4, -0.2) is 60.3 Å². The largest absolute Gasteiger partial charge is 0.380 e. The lowest BCUT2D eigenvalue weighted by atomic mass is 9.78. The van der Waals surface area contributed by atoms with Crippen LogP contribution in [0, 0.1) is 12.8 Å². The molecule has 6 heteroatoms. The van der Waals surface area contributed by atoms with E-state index in [4.69, 9.17) is 11.6 Å². The van der Waals surface area contributed by atoms with Crippen LogP contribution >= 0.6 is 11.6 Å². The first kappa shape index (κ1) is 19.0. The summed E-state index contributed by atoms with van der Waals surface area (Å²) in [7, 11) is 0. The number of hydrogen-bond donors (Lipinski definition) is 2. The number of nitrogens with one attached hydrogen (secondary N) is 1. The molecule has 27 heavy (non-hydrogen) atoms. The Kier molecular flexibility index (Phi) is 5.36. The van der Waals surface area contributed by atoms with E-state index in [0.717, 1.165) is 61.8 Å². The number of amides is 1. The lowest BCUT2D eigenvalue weighted by Crippen LogP contribution is -2.50. The van der Waals surface area contributed by atoms with E-state index in [0.29, 0.717) is 18.8 Å². The molecule has 148 valence electrons. The molecule has 3 fully saturated rings. The van der Waals surface area contributed by atoms with Gasteiger partial charge >= 0.3 is 0 Å². The quantitative estimate of drug-likeness (QED) is 0.782. The molecule has 1 amide bonds. The number of carbonyl (C=O) groups is 1. The number of carbonyl (C=O) groups excluding carboxylic acids is 1. The van der Waals surface area contributed by atoms with Crippen molar-refractivity contribution < 1.29 is 9.90 Å². The van der Waals surface area contributed by atoms with E-state index in [1.54, 1.807) is 0 Å². The molecule has 4 rings (SSSR count). The molecule has 0 bridgehead atoms. The lowest BCUT2D eigenvalue weighted by molar-refractivity contribution is -0.133. The number of piperazine rings is 1. The Morgan fingerprint density at radius 2 is 1.96 bits per heavy atom. The first-order valence-corrected chi connectivity index (χ1v) is 10.6. The van der Waals surface area contributed by atoms with Crippen molar-refractivity contribution in [3.63, 3.8) is 0 Å². The van der Waals surface area contributed by atoms with Gasteiger partial charge in [0.1, 0.15) is 5.60 Å². The van der Waals surface area contributed by atoms with E-state index >= 15 is 0 Å². The molecule has 2 N–H and O–H groups in total. The van der Waals surface area contributed by atoms with Gasteiger partial charge in [-0.2, -0.15) is 0 Å². The van der Waals surface area contributed by atoms with E-state index in [1.807, 2.05) is 0 Å². The van der Waals surface area contributed by atoms with E-state index < -0.39 is 5.60 Å². The summed E-state index contributed by atoms with van der Waals surface area (Å²) in [5.74, 6) is 0.547. The maximum atomic E-state index is 11.9. The molecule has 1 aliphatic heterocycles. The summed E-state index contributed by atoms with van der Waals surface area (Å²) in [6.45, 7) is 7.37. The molecular formula is C21H30ClN3O2. The van der Waals surface area contributed by atoms with E-state index in [-0.39, 0.29) is 11.9 Å². The molecule has 1 saturated heterocycles. The van der Waals surface area contributed by atoms with Crippen LogP contribution in [0.25, 0.3) is 0 Å². The monoisotopic (exact) mass is 391 g/mol. The third kappa shape index (κ3) is 4.25. The second-order valence-electron chi connectivity index (χ2n) is 8.56. The summed E-state index contributed by atoms with van der Waals surface area (Å²) in [4.78, 5) is 16.8. The SMILES string of the molecule is Cc1cccc(N2CCN(CCC3CC(NC(=O)C4(O)CC4)C3)CC2)c1Cl. The number of benzene rings is 1. The molecule has 0 atom stereocenters. The van der Waals surface area contributed by atoms with Gasteiger partial charge in [0.05, 0.1) is 10.7 Å². The highest BCUT2D eigenvalue weighted by molar-refractivity contribution is 6.34. The smallest absolute Gasteiger partial charge is 0.252 e. The highest BCUT2D eigenvalue weighted by Gasteiger charge is 2.49. The zero-order valence-electron chi connectivity index (χ0n) is 16.1. The zero-order valence-corrected chi connectivity index (χ0v) is 16.8. The van der Waals surface area contributed by atoms with Crippen LogP contribution in [0.3, 0.4) is 0 Å². The molecule has 0 spiro atoms. The van der Waals surface area contributed by atoms with Crippen molar-refractivity contribution in [2.45, 2.75) is 50.7 Å². The number of aliphatic hydroxyl groups is 1. The fourth-order valence-electron chi connectivity index (χ4n) is 4.21. The summed E-state index contributed by atoms with van der Waals surface area (Å²) in [5, 5.41) is 13.7. The molecule has 2 aliphatic carbocycles. The maximum absolute atomic E-state index is 11.9. The van der Waals surface area contributed by atoms with Crippen LogP contribution < -0.4 is 10.2 Å². The van der Waals surface area contributed by atoms with Crippen molar-refractivity contribution in [2.75, 3.05) is 37.6 Å². The van der Waals surface area contributed by atoms with Gasteiger partial charge in [0.2, 0.25) is 0 Å². The van der Waals surface area contributed by atoms with Gasteiger partial charge in [0, 0.05) is 32.2 Å². The van der Waals surface area contributed by atoms with Gasteiger partial charge in [-0.05, 0) is 63.1 Å². The minimum atomic E-state index is -1.04. The van der Waals surface area contributed by atoms with Gasteiger partial charge in [-0.15, -0.1) is 0 Å². The van der Waals surface area contributed by atoms with Gasteiger partial charge in [-0.1, -0.05) is 23.7 Å². The molecule has 2 saturated carbocycles. The summed E-state index contributed by atoms with van der Waals surface area (Å²) in [5.41, 5.74) is 1.26. The average Bonchev–Trinajstić information content (AvgIpc) is 3.38. The molecule has 3 aliphatic rings. The predicted octanol–water partition coefficient (Wildman–Crippen LogP) is 2.58. The minimum absolute atomic E-state index is 0.156. The standard InChI is InChI=1S/C21H30ClN3O2/c1-15-3-2-4-18(19(15)22)25-11-9-24(10-12-25)8-5-16-13-17(14-16)23-20(26)21(27)6-7-21/h2-4,16-17,27H,5-14H2,1H3,(H,23,26). The second kappa shape index (κ2) is 7.61. The molecule has 1 aromatic rings. The second-order valence-corrected chi connectivity index (χ2v) is 8.94. The van der Waals surface area contributed by atoms with Crippen LogP contribution in [0.15, 0.2) is 18.2 Å². The molecule has 0 aromatic heterocycles. The number of hydrogen-bond acceptors (Lipinski definition) is 4. The lowest BCUT2D eigenvalue weighted by Gasteiger charge is -2.40. The van der Waals surface area contributed by atoms with Gasteiger partial charge in [-0.25, -0.2) is 0 Å². The van der Waals surface area contributed by atoms with Crippen LogP contribution in [0.4, 0.5) is 5.69 Å². The van der Waals surface area contributed by atoms with Gasteiger partial charge in [-0.3, -0.25) is 9.69 Å². The van der Waals surface area contributed by atoms with Crippen LogP contribution in [0.2, 0.25) is 5.02 Å². The fourth-order valence-corrected chi connectivity index (χ4v) is 4.45. The number of aryl methyl sites for hydroxylation is 1. The Morgan fingerprint density at radius 3 is 2.63 bits per heavy atom. The van der Waals surface area contributed by atoms with Crippen molar-refractivity contribution in [3.05, 3.63) is 28.8 Å². The van der Waals surface area contributed by atoms with E-state index in [2.05, 4.69) is 40.2 Å². The van der Waals surface area contributed by atoms with Gasteiger partial charge in [0.15, 0.2) is 0 Å². The number of rotatable bonds is 6. The Bertz CT molecular complexity index is 693. The van der Waals surface area contributed by atoms with Crippen LogP contribution in [0.1, 0.15) is 37.7 Å². The minimum Gasteiger partial charge on any atom is -0.380 e. The third-order valence-corrected chi connectivity index (χ3v) is 6.95. The van der Waals surface area contributed by atoms with Crippen molar-refractivity contribution in [2.24, 2.45) is 5.92 Å². The Labute approximate surface area is 166 Å². The fraction of sp³-hybridized carbons (Fsp3) is 0.667. The van der Waals surface area contributed by atoms with E-state index in [9.17, 15) is 9.90 Å². The Morgan fingerprint density at radius 1 is 1.26 bits per heavy atom. The highest BCUT2D eigenvalue weighted by atomic mass is 35.5. The Balaban J connectivity index is 1.15. The van der Waals surface area contributed by atoms with Gasteiger partial charge in [0.25, 0.3) is 5.91 Å². The molecular weight excluding hydrogens is 362 g/mol. The third-order valence-electron chi connectivity index (χ3n) is 6.46. The summed E-state index contributed by atoms with van der Waals surface area (Å²) in [6.07, 6.45) is 4.55. The van der Waals surface area contributed by atoms with Crippen molar-refractivity contribution in [3.8, 4) is 0 Å². The molecule has 1 aromatic carbocycles. The van der Waals surface area contributed by atoms with Crippen molar-refractivity contribution in [1.29, 1.82) is 0 Å². The van der Waals surface area contributed by atoms with Crippen molar-refractivity contribution in [1.82, 2.24) is 10.2 Å². The summed E-state index contributed by atoms with van der Waals surface area (Å²) in [6, 6.07) is 6.52. The van der Waals surface area contributed by atoms with Crippen LogP contribution in [-0.2, 0) is 4.79 Å². The molecule has 0 unspecified atom stereocenters. The average molecular weight is 392 g/mol. The maximum Gasteiger partial charge on any atom is 0.252 e. The normalized spacial score (nSPS) is 27.1. The zero-order chi connectivity index (χ0) is 19.0. The van der Waals surface area contributed by atoms with Crippen LogP contribution in [0.5, 0.6) is 0 Å². The number of halogens is 1. The Hall–Kier alpha value is -1.30.